The quantitative estimate of drug-likeness (QED) is 0.339. The lowest BCUT2D eigenvalue weighted by atomic mass is 9.96. The summed E-state index contributed by atoms with van der Waals surface area (Å²) < 4.78 is 41.1. The molecule has 7 nitrogen and oxygen atoms in total. The Morgan fingerprint density at radius 2 is 1.36 bits per heavy atom. The molecule has 0 spiro atoms. The van der Waals surface area contributed by atoms with Crippen molar-refractivity contribution in [1.29, 1.82) is 0 Å². The van der Waals surface area contributed by atoms with E-state index in [1.807, 2.05) is 6.92 Å². The van der Waals surface area contributed by atoms with E-state index in [9.17, 15) is 27.5 Å². The Labute approximate surface area is 208 Å². The highest BCUT2D eigenvalue weighted by molar-refractivity contribution is 7.89. The molecule has 0 unspecified atom stereocenters. The Morgan fingerprint density at radius 1 is 0.833 bits per heavy atom. The van der Waals surface area contributed by atoms with Gasteiger partial charge in [-0.3, -0.25) is 14.5 Å². The summed E-state index contributed by atoms with van der Waals surface area (Å²) >= 11 is 0. The van der Waals surface area contributed by atoms with Crippen LogP contribution in [0.2, 0.25) is 0 Å². The molecule has 0 atom stereocenters. The minimum absolute atomic E-state index is 0.00734. The third-order valence-corrected chi connectivity index (χ3v) is 7.43. The van der Waals surface area contributed by atoms with E-state index in [1.165, 1.54) is 60.7 Å². The Balaban J connectivity index is 1.50. The fourth-order valence-electron chi connectivity index (χ4n) is 3.99. The highest BCUT2D eigenvalue weighted by Gasteiger charge is 2.39. The number of carbonyl (C=O) groups excluding carboxylic acids is 2. The van der Waals surface area contributed by atoms with Gasteiger partial charge in [-0.15, -0.1) is 0 Å². The largest absolute Gasteiger partial charge is 0.508 e. The number of amides is 2. The van der Waals surface area contributed by atoms with E-state index in [-0.39, 0.29) is 41.3 Å². The lowest BCUT2D eigenvalue weighted by Gasteiger charge is -2.15. The zero-order chi connectivity index (χ0) is 25.9. The van der Waals surface area contributed by atoms with Crippen LogP contribution >= 0.6 is 0 Å². The maximum Gasteiger partial charge on any atom is 0.262 e. The standard InChI is InChI=1S/C27H25FN2O5S/c1-2-18-4-14-23(15-5-18)36(34,35)29-16-3-17-30-26(32)24(19-6-10-21(28)11-7-19)25(27(30)33)20-8-12-22(31)13-9-20/h4-15,29,31H,2-3,16-17H2,1H3. The van der Waals surface area contributed by atoms with E-state index in [0.29, 0.717) is 11.1 Å². The van der Waals surface area contributed by atoms with Crippen molar-refractivity contribution < 1.29 is 27.5 Å². The summed E-state index contributed by atoms with van der Waals surface area (Å²) in [4.78, 5) is 27.8. The molecule has 1 aliphatic rings. The van der Waals surface area contributed by atoms with Gasteiger partial charge in [0.15, 0.2) is 0 Å². The topological polar surface area (TPSA) is 104 Å². The predicted molar refractivity (Wildman–Crippen MR) is 134 cm³/mol. The van der Waals surface area contributed by atoms with Gasteiger partial charge < -0.3 is 5.11 Å². The second-order valence-corrected chi connectivity index (χ2v) is 10.1. The molecule has 0 radical (unpaired) electrons. The number of phenols is 1. The van der Waals surface area contributed by atoms with Crippen molar-refractivity contribution >= 4 is 33.0 Å². The molecule has 186 valence electrons. The third-order valence-electron chi connectivity index (χ3n) is 5.95. The van der Waals surface area contributed by atoms with Crippen LogP contribution in [0.4, 0.5) is 4.39 Å². The number of aromatic hydroxyl groups is 1. The van der Waals surface area contributed by atoms with E-state index >= 15 is 0 Å². The van der Waals surface area contributed by atoms with E-state index in [4.69, 9.17) is 0 Å². The second-order valence-electron chi connectivity index (χ2n) is 8.31. The van der Waals surface area contributed by atoms with Crippen molar-refractivity contribution in [2.24, 2.45) is 0 Å². The lowest BCUT2D eigenvalue weighted by molar-refractivity contribution is -0.136. The van der Waals surface area contributed by atoms with Gasteiger partial charge in [0.05, 0.1) is 16.0 Å². The molecule has 4 rings (SSSR count). The van der Waals surface area contributed by atoms with E-state index in [1.54, 1.807) is 12.1 Å². The van der Waals surface area contributed by atoms with Crippen molar-refractivity contribution in [3.05, 3.63) is 95.3 Å². The maximum atomic E-state index is 13.5. The molecule has 9 heteroatoms. The van der Waals surface area contributed by atoms with Gasteiger partial charge in [-0.05, 0) is 65.9 Å². The number of halogens is 1. The number of hydrogen-bond acceptors (Lipinski definition) is 5. The first-order chi connectivity index (χ1) is 17.2. The number of nitrogens with zero attached hydrogens (tertiary/aromatic N) is 1. The van der Waals surface area contributed by atoms with Crippen LogP contribution in [0, 0.1) is 5.82 Å². The molecule has 2 amide bonds. The smallest absolute Gasteiger partial charge is 0.262 e. The van der Waals surface area contributed by atoms with Crippen molar-refractivity contribution in [1.82, 2.24) is 9.62 Å². The number of carbonyl (C=O) groups is 2. The Bertz CT molecular complexity index is 1350. The first-order valence-electron chi connectivity index (χ1n) is 11.5. The second kappa shape index (κ2) is 10.4. The number of sulfonamides is 1. The number of aryl methyl sites for hydroxylation is 1. The molecule has 3 aromatic carbocycles. The molecule has 2 N–H and O–H groups in total. The molecular formula is C27H25FN2O5S. The highest BCUT2D eigenvalue weighted by Crippen LogP contribution is 2.36. The van der Waals surface area contributed by atoms with E-state index < -0.39 is 27.7 Å². The van der Waals surface area contributed by atoms with E-state index in [2.05, 4.69) is 4.72 Å². The summed E-state index contributed by atoms with van der Waals surface area (Å²) in [5.41, 5.74) is 2.11. The van der Waals surface area contributed by atoms with Gasteiger partial charge in [0.2, 0.25) is 10.0 Å². The summed E-state index contributed by atoms with van der Waals surface area (Å²) in [6.45, 7) is 1.99. The minimum Gasteiger partial charge on any atom is -0.508 e. The number of imide groups is 1. The van der Waals surface area contributed by atoms with Gasteiger partial charge >= 0.3 is 0 Å². The summed E-state index contributed by atoms with van der Waals surface area (Å²) in [6.07, 6.45) is 0.995. The van der Waals surface area contributed by atoms with Crippen LogP contribution in [0.5, 0.6) is 5.75 Å². The van der Waals surface area contributed by atoms with Gasteiger partial charge in [-0.1, -0.05) is 43.3 Å². The van der Waals surface area contributed by atoms with Crippen molar-refractivity contribution in [2.45, 2.75) is 24.7 Å². The number of rotatable bonds is 9. The van der Waals surface area contributed by atoms with Gasteiger partial charge in [0.1, 0.15) is 11.6 Å². The summed E-state index contributed by atoms with van der Waals surface area (Å²) in [7, 11) is -3.73. The molecule has 0 aromatic heterocycles. The Hall–Kier alpha value is -3.82. The summed E-state index contributed by atoms with van der Waals surface area (Å²) in [6, 6.07) is 17.7. The first-order valence-corrected chi connectivity index (χ1v) is 12.9. The third kappa shape index (κ3) is 5.22. The molecule has 1 heterocycles. The average molecular weight is 509 g/mol. The summed E-state index contributed by atoms with van der Waals surface area (Å²) in [5.74, 6) is -1.56. The number of hydrogen-bond donors (Lipinski definition) is 2. The van der Waals surface area contributed by atoms with E-state index in [0.717, 1.165) is 16.9 Å². The van der Waals surface area contributed by atoms with Crippen LogP contribution in [0.3, 0.4) is 0 Å². The number of benzene rings is 3. The predicted octanol–water partition coefficient (Wildman–Crippen LogP) is 3.74. The van der Waals surface area contributed by atoms with Gasteiger partial charge in [0, 0.05) is 13.1 Å². The highest BCUT2D eigenvalue weighted by atomic mass is 32.2. The van der Waals surface area contributed by atoms with Gasteiger partial charge in [0.25, 0.3) is 11.8 Å². The monoisotopic (exact) mass is 508 g/mol. The number of phenolic OH excluding ortho intramolecular Hbond substituents is 1. The fraction of sp³-hybridized carbons (Fsp3) is 0.185. The van der Waals surface area contributed by atoms with Crippen molar-refractivity contribution in [3.63, 3.8) is 0 Å². The van der Waals surface area contributed by atoms with Crippen molar-refractivity contribution in [3.8, 4) is 5.75 Å². The Kier molecular flexibility index (Phi) is 7.32. The molecule has 0 bridgehead atoms. The SMILES string of the molecule is CCc1ccc(S(=O)(=O)NCCCN2C(=O)C(c3ccc(O)cc3)=C(c3ccc(F)cc3)C2=O)cc1. The molecular weight excluding hydrogens is 483 g/mol. The molecule has 1 aliphatic heterocycles. The van der Waals surface area contributed by atoms with Crippen LogP contribution < -0.4 is 4.72 Å². The molecule has 0 fully saturated rings. The lowest BCUT2D eigenvalue weighted by Crippen LogP contribution is -2.35. The average Bonchev–Trinajstić information content (AvgIpc) is 3.12. The fourth-order valence-corrected chi connectivity index (χ4v) is 5.06. The Morgan fingerprint density at radius 3 is 1.89 bits per heavy atom. The minimum atomic E-state index is -3.73. The summed E-state index contributed by atoms with van der Waals surface area (Å²) in [5, 5.41) is 9.62. The molecule has 3 aromatic rings. The molecule has 0 aliphatic carbocycles. The molecule has 36 heavy (non-hydrogen) atoms. The molecule has 0 saturated carbocycles. The number of nitrogens with one attached hydrogen (secondary N) is 1. The van der Waals surface area contributed by atoms with Gasteiger partial charge in [-0.25, -0.2) is 17.5 Å². The van der Waals surface area contributed by atoms with Crippen LogP contribution in [0.1, 0.15) is 30.0 Å². The zero-order valence-electron chi connectivity index (χ0n) is 19.6. The van der Waals surface area contributed by atoms with Crippen LogP contribution in [0.25, 0.3) is 11.1 Å². The van der Waals surface area contributed by atoms with Crippen LogP contribution in [-0.2, 0) is 26.0 Å². The normalized spacial score (nSPS) is 14.1. The zero-order valence-corrected chi connectivity index (χ0v) is 20.4. The van der Waals surface area contributed by atoms with Gasteiger partial charge in [-0.2, -0.15) is 0 Å². The maximum absolute atomic E-state index is 13.5. The molecule has 0 saturated heterocycles. The van der Waals surface area contributed by atoms with Crippen molar-refractivity contribution in [2.75, 3.05) is 13.1 Å². The van der Waals surface area contributed by atoms with Crippen LogP contribution in [0.15, 0.2) is 77.7 Å². The van der Waals surface area contributed by atoms with Crippen LogP contribution in [-0.4, -0.2) is 43.3 Å². The first kappa shape index (κ1) is 25.3.